The molecular formula is C25H22F3N5O2. The molecule has 35 heavy (non-hydrogen) atoms. The van der Waals surface area contributed by atoms with E-state index in [0.29, 0.717) is 40.9 Å². The number of fused-ring (bicyclic) bond motifs is 1. The molecule has 1 fully saturated rings. The topological polar surface area (TPSA) is 106 Å². The smallest absolute Gasteiger partial charge is 0.394 e. The van der Waals surface area contributed by atoms with Crippen LogP contribution in [-0.2, 0) is 22.9 Å². The first-order valence-corrected chi connectivity index (χ1v) is 11.0. The molecule has 1 amide bonds. The Labute approximate surface area is 198 Å². The van der Waals surface area contributed by atoms with Crippen molar-refractivity contribution in [2.45, 2.75) is 31.0 Å². The van der Waals surface area contributed by atoms with Gasteiger partial charge in [-0.2, -0.15) is 18.3 Å². The largest absolute Gasteiger partial charge is 0.416 e. The van der Waals surface area contributed by atoms with Gasteiger partial charge in [0.2, 0.25) is 5.91 Å². The summed E-state index contributed by atoms with van der Waals surface area (Å²) in [5, 5.41) is 17.0. The predicted molar refractivity (Wildman–Crippen MR) is 125 cm³/mol. The van der Waals surface area contributed by atoms with E-state index in [0.717, 1.165) is 23.3 Å². The highest BCUT2D eigenvalue weighted by atomic mass is 19.4. The zero-order valence-electron chi connectivity index (χ0n) is 18.5. The molecule has 5 rings (SSSR count). The molecule has 0 saturated heterocycles. The predicted octanol–water partition coefficient (Wildman–Crippen LogP) is 4.36. The van der Waals surface area contributed by atoms with Gasteiger partial charge in [0.15, 0.2) is 11.5 Å². The van der Waals surface area contributed by atoms with Crippen LogP contribution in [0.4, 0.5) is 24.7 Å². The van der Waals surface area contributed by atoms with E-state index in [-0.39, 0.29) is 19.1 Å². The molecule has 1 saturated carbocycles. The average Bonchev–Trinajstić information content (AvgIpc) is 3.60. The SMILES string of the molecule is Nc1nn(CCO)c2nccc(-c3ccc(NC(=O)C4(c5cccc(C(F)(F)F)c5)CC4)cc3)c12. The molecule has 0 bridgehead atoms. The van der Waals surface area contributed by atoms with Gasteiger partial charge < -0.3 is 16.2 Å². The Bertz CT molecular complexity index is 1410. The number of amides is 1. The summed E-state index contributed by atoms with van der Waals surface area (Å²) in [5.41, 5.74) is 7.49. The van der Waals surface area contributed by atoms with Crippen LogP contribution < -0.4 is 11.1 Å². The van der Waals surface area contributed by atoms with E-state index in [1.54, 1.807) is 29.1 Å². The zero-order valence-corrected chi connectivity index (χ0v) is 18.5. The Kier molecular flexibility index (Phi) is 5.47. The third kappa shape index (κ3) is 4.10. The summed E-state index contributed by atoms with van der Waals surface area (Å²) >= 11 is 0. The summed E-state index contributed by atoms with van der Waals surface area (Å²) in [6.07, 6.45) is -1.85. The highest BCUT2D eigenvalue weighted by molar-refractivity contribution is 6.02. The highest BCUT2D eigenvalue weighted by Gasteiger charge is 2.51. The zero-order chi connectivity index (χ0) is 24.8. The molecule has 0 aliphatic heterocycles. The molecule has 2 aromatic carbocycles. The number of alkyl halides is 3. The number of nitrogens with two attached hydrogens (primary N) is 1. The van der Waals surface area contributed by atoms with E-state index in [2.05, 4.69) is 15.4 Å². The van der Waals surface area contributed by atoms with Crippen molar-refractivity contribution < 1.29 is 23.1 Å². The molecule has 180 valence electrons. The van der Waals surface area contributed by atoms with Crippen LogP contribution in [0.5, 0.6) is 0 Å². The monoisotopic (exact) mass is 481 g/mol. The van der Waals surface area contributed by atoms with Gasteiger partial charge in [-0.3, -0.25) is 4.79 Å². The number of nitrogens with one attached hydrogen (secondary N) is 1. The molecule has 0 radical (unpaired) electrons. The molecule has 7 nitrogen and oxygen atoms in total. The van der Waals surface area contributed by atoms with Crippen LogP contribution >= 0.6 is 0 Å². The number of pyridine rings is 1. The van der Waals surface area contributed by atoms with Crippen molar-refractivity contribution in [2.75, 3.05) is 17.7 Å². The Morgan fingerprint density at radius 1 is 1.14 bits per heavy atom. The van der Waals surface area contributed by atoms with Crippen molar-refractivity contribution in [3.8, 4) is 11.1 Å². The molecule has 1 aliphatic rings. The minimum Gasteiger partial charge on any atom is -0.394 e. The summed E-state index contributed by atoms with van der Waals surface area (Å²) in [6, 6.07) is 13.9. The number of benzene rings is 2. The number of aromatic nitrogens is 3. The van der Waals surface area contributed by atoms with Gasteiger partial charge in [-0.05, 0) is 53.8 Å². The molecule has 10 heteroatoms. The number of halogens is 3. The van der Waals surface area contributed by atoms with Gasteiger partial charge in [0, 0.05) is 11.9 Å². The fourth-order valence-corrected chi connectivity index (χ4v) is 4.37. The van der Waals surface area contributed by atoms with Crippen LogP contribution in [0.2, 0.25) is 0 Å². The second kappa shape index (κ2) is 8.38. The second-order valence-electron chi connectivity index (χ2n) is 8.58. The Balaban J connectivity index is 1.39. The van der Waals surface area contributed by atoms with E-state index in [1.807, 2.05) is 18.2 Å². The van der Waals surface area contributed by atoms with Gasteiger partial charge in [0.05, 0.1) is 29.5 Å². The lowest BCUT2D eigenvalue weighted by Gasteiger charge is -2.18. The number of anilines is 2. The number of nitrogen functional groups attached to an aromatic ring is 1. The second-order valence-corrected chi connectivity index (χ2v) is 8.58. The van der Waals surface area contributed by atoms with Crippen molar-refractivity contribution in [3.05, 3.63) is 71.9 Å². The van der Waals surface area contributed by atoms with E-state index in [9.17, 15) is 23.1 Å². The minimum absolute atomic E-state index is 0.0987. The van der Waals surface area contributed by atoms with E-state index < -0.39 is 17.2 Å². The van der Waals surface area contributed by atoms with Crippen LogP contribution in [0.25, 0.3) is 22.2 Å². The molecule has 2 heterocycles. The van der Waals surface area contributed by atoms with Crippen LogP contribution in [0, 0.1) is 0 Å². The Morgan fingerprint density at radius 3 is 2.54 bits per heavy atom. The lowest BCUT2D eigenvalue weighted by molar-refractivity contribution is -0.137. The van der Waals surface area contributed by atoms with Crippen LogP contribution in [-0.4, -0.2) is 32.4 Å². The van der Waals surface area contributed by atoms with Gasteiger partial charge in [0.1, 0.15) is 0 Å². The van der Waals surface area contributed by atoms with Crippen molar-refractivity contribution in [3.63, 3.8) is 0 Å². The van der Waals surface area contributed by atoms with Gasteiger partial charge in [0.25, 0.3) is 0 Å². The normalized spacial score (nSPS) is 14.7. The number of carbonyl (C=O) groups is 1. The van der Waals surface area contributed by atoms with Crippen LogP contribution in [0.3, 0.4) is 0 Å². The maximum absolute atomic E-state index is 13.1. The first kappa shape index (κ1) is 22.9. The lowest BCUT2D eigenvalue weighted by Crippen LogP contribution is -2.28. The summed E-state index contributed by atoms with van der Waals surface area (Å²) in [4.78, 5) is 17.4. The van der Waals surface area contributed by atoms with Crippen molar-refractivity contribution in [1.29, 1.82) is 0 Å². The number of carbonyl (C=O) groups excluding carboxylic acids is 1. The molecule has 0 atom stereocenters. The number of hydrogen-bond donors (Lipinski definition) is 3. The third-order valence-corrected chi connectivity index (χ3v) is 6.35. The standard InChI is InChI=1S/C25H22F3N5O2/c26-25(27,28)17-3-1-2-16(14-17)24(9-10-24)23(35)31-18-6-4-15(5-7-18)19-8-11-30-22-20(19)21(29)32-33(22)12-13-34/h1-8,11,14,34H,9-10,12-13H2,(H2,29,32)(H,31,35). The number of hydrogen-bond acceptors (Lipinski definition) is 5. The molecule has 4 N–H and O–H groups in total. The molecule has 2 aromatic heterocycles. The van der Waals surface area contributed by atoms with E-state index >= 15 is 0 Å². The summed E-state index contributed by atoms with van der Waals surface area (Å²) in [5.74, 6) is -0.0314. The van der Waals surface area contributed by atoms with E-state index in [1.165, 1.54) is 6.07 Å². The number of rotatable bonds is 6. The minimum atomic E-state index is -4.46. The van der Waals surface area contributed by atoms with Crippen molar-refractivity contribution >= 4 is 28.4 Å². The first-order valence-electron chi connectivity index (χ1n) is 11.0. The maximum Gasteiger partial charge on any atom is 0.416 e. The number of nitrogens with zero attached hydrogens (tertiary/aromatic N) is 3. The first-order chi connectivity index (χ1) is 16.7. The van der Waals surface area contributed by atoms with Gasteiger partial charge in [-0.1, -0.05) is 30.3 Å². The maximum atomic E-state index is 13.1. The number of aliphatic hydroxyl groups excluding tert-OH is 1. The van der Waals surface area contributed by atoms with Crippen LogP contribution in [0.15, 0.2) is 60.8 Å². The fraction of sp³-hybridized carbons (Fsp3) is 0.240. The molecule has 0 spiro atoms. The van der Waals surface area contributed by atoms with Gasteiger partial charge >= 0.3 is 6.18 Å². The van der Waals surface area contributed by atoms with Crippen LogP contribution in [0.1, 0.15) is 24.0 Å². The highest BCUT2D eigenvalue weighted by Crippen LogP contribution is 2.50. The Morgan fingerprint density at radius 2 is 1.89 bits per heavy atom. The fourth-order valence-electron chi connectivity index (χ4n) is 4.37. The Hall–Kier alpha value is -3.92. The summed E-state index contributed by atoms with van der Waals surface area (Å²) in [6.45, 7) is 0.168. The molecular weight excluding hydrogens is 459 g/mol. The van der Waals surface area contributed by atoms with Gasteiger partial charge in [-0.15, -0.1) is 0 Å². The summed E-state index contributed by atoms with van der Waals surface area (Å²) < 4.78 is 41.0. The van der Waals surface area contributed by atoms with Gasteiger partial charge in [-0.25, -0.2) is 9.67 Å². The molecule has 4 aromatic rings. The van der Waals surface area contributed by atoms with Crippen molar-refractivity contribution in [1.82, 2.24) is 14.8 Å². The third-order valence-electron chi connectivity index (χ3n) is 6.35. The molecule has 1 aliphatic carbocycles. The van der Waals surface area contributed by atoms with E-state index in [4.69, 9.17) is 5.73 Å². The quantitative estimate of drug-likeness (QED) is 0.379. The molecule has 0 unspecified atom stereocenters. The lowest BCUT2D eigenvalue weighted by atomic mass is 9.93. The summed E-state index contributed by atoms with van der Waals surface area (Å²) in [7, 11) is 0. The van der Waals surface area contributed by atoms with Crippen molar-refractivity contribution in [2.24, 2.45) is 0 Å². The average molecular weight is 481 g/mol. The number of aliphatic hydroxyl groups is 1.